The van der Waals surface area contributed by atoms with E-state index in [2.05, 4.69) is 33.5 Å². The monoisotopic (exact) mass is 362 g/mol. The van der Waals surface area contributed by atoms with Crippen molar-refractivity contribution in [1.82, 2.24) is 19.7 Å². The molecular formula is C20H22N6O. The summed E-state index contributed by atoms with van der Waals surface area (Å²) in [5.74, 6) is 1.96. The average molecular weight is 362 g/mol. The summed E-state index contributed by atoms with van der Waals surface area (Å²) in [4.78, 5) is 18.8. The number of nitrogens with one attached hydrogen (secondary N) is 1. The first-order valence-corrected chi connectivity index (χ1v) is 9.07. The highest BCUT2D eigenvalue weighted by molar-refractivity contribution is 6.02. The van der Waals surface area contributed by atoms with Crippen LogP contribution in [0.15, 0.2) is 48.9 Å². The number of hydrogen-bond acceptors (Lipinski definition) is 4. The molecule has 1 N–H and O–H groups in total. The molecule has 0 radical (unpaired) electrons. The lowest BCUT2D eigenvalue weighted by atomic mass is 9.97. The van der Waals surface area contributed by atoms with Crippen LogP contribution in [0.5, 0.6) is 0 Å². The first-order valence-electron chi connectivity index (χ1n) is 9.07. The Balaban J connectivity index is 1.47. The molecule has 4 rings (SSSR count). The van der Waals surface area contributed by atoms with Gasteiger partial charge in [0.25, 0.3) is 0 Å². The zero-order valence-corrected chi connectivity index (χ0v) is 15.5. The SMILES string of the molecule is C[C@H](Cc1nncn1C)c1cccc(NC(=O)N2CCc3cccnc32)c1. The summed E-state index contributed by atoms with van der Waals surface area (Å²) in [6.45, 7) is 2.80. The molecule has 1 atom stereocenters. The molecule has 3 heterocycles. The molecule has 2 aromatic heterocycles. The standard InChI is InChI=1S/C20H22N6O/c1-14(11-18-24-22-13-25(18)2)16-5-3-7-17(12-16)23-20(27)26-10-8-15-6-4-9-21-19(15)26/h3-7,9,12-14H,8,10-11H2,1-2H3,(H,23,27)/t14-/m1/s1. The number of urea groups is 1. The van der Waals surface area contributed by atoms with Crippen molar-refractivity contribution in [3.8, 4) is 0 Å². The number of hydrogen-bond donors (Lipinski definition) is 1. The van der Waals surface area contributed by atoms with Crippen LogP contribution in [0.25, 0.3) is 0 Å². The molecule has 138 valence electrons. The topological polar surface area (TPSA) is 75.9 Å². The van der Waals surface area contributed by atoms with Crippen molar-refractivity contribution in [3.63, 3.8) is 0 Å². The number of fused-ring (bicyclic) bond motifs is 1. The van der Waals surface area contributed by atoms with Crippen molar-refractivity contribution >= 4 is 17.5 Å². The van der Waals surface area contributed by atoms with Gasteiger partial charge in [0.2, 0.25) is 0 Å². The van der Waals surface area contributed by atoms with E-state index >= 15 is 0 Å². The maximum atomic E-state index is 12.7. The number of nitrogens with zero attached hydrogens (tertiary/aromatic N) is 5. The number of aryl methyl sites for hydroxylation is 1. The van der Waals surface area contributed by atoms with E-state index in [1.807, 2.05) is 41.9 Å². The van der Waals surface area contributed by atoms with Gasteiger partial charge in [0.15, 0.2) is 0 Å². The van der Waals surface area contributed by atoms with Gasteiger partial charge < -0.3 is 9.88 Å². The molecule has 0 spiro atoms. The Bertz CT molecular complexity index is 966. The summed E-state index contributed by atoms with van der Waals surface area (Å²) in [6, 6.07) is 11.7. The fourth-order valence-corrected chi connectivity index (χ4v) is 3.40. The predicted octanol–water partition coefficient (Wildman–Crippen LogP) is 3.15. The number of pyridine rings is 1. The fraction of sp³-hybridized carbons (Fsp3) is 0.300. The highest BCUT2D eigenvalue weighted by Crippen LogP contribution is 2.26. The van der Waals surface area contributed by atoms with Gasteiger partial charge in [0.1, 0.15) is 18.0 Å². The van der Waals surface area contributed by atoms with Crippen LogP contribution >= 0.6 is 0 Å². The van der Waals surface area contributed by atoms with Crippen LogP contribution in [0.4, 0.5) is 16.3 Å². The molecule has 0 saturated carbocycles. The maximum Gasteiger partial charge on any atom is 0.327 e. The van der Waals surface area contributed by atoms with E-state index in [-0.39, 0.29) is 11.9 Å². The molecule has 0 bridgehead atoms. The molecule has 7 nitrogen and oxygen atoms in total. The summed E-state index contributed by atoms with van der Waals surface area (Å²) in [7, 11) is 1.95. The first kappa shape index (κ1) is 17.2. The smallest absolute Gasteiger partial charge is 0.321 e. The second-order valence-electron chi connectivity index (χ2n) is 6.91. The molecule has 0 fully saturated rings. The number of carbonyl (C=O) groups is 1. The lowest BCUT2D eigenvalue weighted by molar-refractivity contribution is 0.257. The van der Waals surface area contributed by atoms with Crippen molar-refractivity contribution < 1.29 is 4.79 Å². The number of amides is 2. The third-order valence-electron chi connectivity index (χ3n) is 4.97. The lowest BCUT2D eigenvalue weighted by Gasteiger charge is -2.18. The summed E-state index contributed by atoms with van der Waals surface area (Å²) in [5.41, 5.74) is 3.04. The molecule has 27 heavy (non-hydrogen) atoms. The van der Waals surface area contributed by atoms with Crippen molar-refractivity contribution in [1.29, 1.82) is 0 Å². The molecule has 7 heteroatoms. The van der Waals surface area contributed by atoms with E-state index in [9.17, 15) is 4.79 Å². The molecule has 3 aromatic rings. The van der Waals surface area contributed by atoms with E-state index in [0.29, 0.717) is 6.54 Å². The Morgan fingerprint density at radius 2 is 2.19 bits per heavy atom. The molecule has 0 unspecified atom stereocenters. The van der Waals surface area contributed by atoms with Crippen LogP contribution in [-0.2, 0) is 19.9 Å². The molecule has 0 saturated heterocycles. The van der Waals surface area contributed by atoms with Crippen LogP contribution in [0.1, 0.15) is 29.8 Å². The van der Waals surface area contributed by atoms with Crippen molar-refractivity contribution in [2.75, 3.05) is 16.8 Å². The van der Waals surface area contributed by atoms with Crippen molar-refractivity contribution in [3.05, 3.63) is 65.9 Å². The van der Waals surface area contributed by atoms with Gasteiger partial charge in [-0.2, -0.15) is 0 Å². The first-order chi connectivity index (χ1) is 13.1. The average Bonchev–Trinajstić information content (AvgIpc) is 3.28. The normalized spacial score (nSPS) is 14.1. The predicted molar refractivity (Wildman–Crippen MR) is 104 cm³/mol. The van der Waals surface area contributed by atoms with Crippen molar-refractivity contribution in [2.24, 2.45) is 7.05 Å². The Labute approximate surface area is 158 Å². The Kier molecular flexibility index (Phi) is 4.58. The Morgan fingerprint density at radius 3 is 3.00 bits per heavy atom. The lowest BCUT2D eigenvalue weighted by Crippen LogP contribution is -2.33. The van der Waals surface area contributed by atoms with Gasteiger partial charge in [-0.25, -0.2) is 9.78 Å². The van der Waals surface area contributed by atoms with E-state index in [1.54, 1.807) is 17.4 Å². The fourth-order valence-electron chi connectivity index (χ4n) is 3.40. The summed E-state index contributed by atoms with van der Waals surface area (Å²) in [5, 5.41) is 11.1. The largest absolute Gasteiger partial charge is 0.327 e. The quantitative estimate of drug-likeness (QED) is 0.773. The molecular weight excluding hydrogens is 340 g/mol. The Morgan fingerprint density at radius 1 is 1.30 bits per heavy atom. The van der Waals surface area contributed by atoms with Gasteiger partial charge in [0, 0.05) is 31.9 Å². The van der Waals surface area contributed by atoms with E-state index in [4.69, 9.17) is 0 Å². The third kappa shape index (κ3) is 3.53. The molecule has 1 aliphatic rings. The van der Waals surface area contributed by atoms with Gasteiger partial charge in [-0.05, 0) is 41.7 Å². The maximum absolute atomic E-state index is 12.7. The summed E-state index contributed by atoms with van der Waals surface area (Å²) in [6.07, 6.45) is 5.06. The summed E-state index contributed by atoms with van der Waals surface area (Å²) < 4.78 is 1.93. The van der Waals surface area contributed by atoms with E-state index in [1.165, 1.54) is 0 Å². The number of anilines is 2. The number of benzene rings is 1. The minimum atomic E-state index is -0.148. The highest BCUT2D eigenvalue weighted by atomic mass is 16.2. The number of carbonyl (C=O) groups excluding carboxylic acids is 1. The minimum absolute atomic E-state index is 0.148. The van der Waals surface area contributed by atoms with Crippen LogP contribution in [-0.4, -0.2) is 32.3 Å². The van der Waals surface area contributed by atoms with Gasteiger partial charge in [-0.15, -0.1) is 10.2 Å². The zero-order chi connectivity index (χ0) is 18.8. The van der Waals surface area contributed by atoms with Gasteiger partial charge >= 0.3 is 6.03 Å². The molecule has 1 aromatic carbocycles. The van der Waals surface area contributed by atoms with E-state index < -0.39 is 0 Å². The second-order valence-corrected chi connectivity index (χ2v) is 6.91. The summed E-state index contributed by atoms with van der Waals surface area (Å²) >= 11 is 0. The number of rotatable bonds is 4. The molecule has 1 aliphatic heterocycles. The van der Waals surface area contributed by atoms with Crippen LogP contribution in [0.3, 0.4) is 0 Å². The highest BCUT2D eigenvalue weighted by Gasteiger charge is 2.25. The van der Waals surface area contributed by atoms with Gasteiger partial charge in [-0.1, -0.05) is 25.1 Å². The van der Waals surface area contributed by atoms with Crippen LogP contribution in [0.2, 0.25) is 0 Å². The molecule has 2 amide bonds. The van der Waals surface area contributed by atoms with Crippen LogP contribution < -0.4 is 10.2 Å². The number of aromatic nitrogens is 4. The zero-order valence-electron chi connectivity index (χ0n) is 15.5. The third-order valence-corrected chi connectivity index (χ3v) is 4.97. The van der Waals surface area contributed by atoms with Gasteiger partial charge in [0.05, 0.1) is 0 Å². The van der Waals surface area contributed by atoms with Crippen LogP contribution in [0, 0.1) is 0 Å². The minimum Gasteiger partial charge on any atom is -0.321 e. The van der Waals surface area contributed by atoms with Crippen molar-refractivity contribution in [2.45, 2.75) is 25.7 Å². The van der Waals surface area contributed by atoms with E-state index in [0.717, 1.165) is 41.3 Å². The second kappa shape index (κ2) is 7.19. The Hall–Kier alpha value is -3.22. The molecule has 0 aliphatic carbocycles. The van der Waals surface area contributed by atoms with Gasteiger partial charge in [-0.3, -0.25) is 4.90 Å².